The molecule has 4 aromatic rings. The maximum Gasteiger partial charge on any atom is 0.343 e. The summed E-state index contributed by atoms with van der Waals surface area (Å²) in [5, 5.41) is 11.9. The predicted molar refractivity (Wildman–Crippen MR) is 136 cm³/mol. The number of esters is 1. The fraction of sp³-hybridized carbons (Fsp3) is 0.310. The number of carbonyl (C=O) groups is 1. The molecule has 0 unspecified atom stereocenters. The summed E-state index contributed by atoms with van der Waals surface area (Å²) in [6.45, 7) is 5.49. The van der Waals surface area contributed by atoms with Crippen molar-refractivity contribution in [3.63, 3.8) is 0 Å². The molecular formula is C29H28N3O5+. The number of ether oxygens (including phenoxy) is 2. The van der Waals surface area contributed by atoms with Crippen LogP contribution in [0.2, 0.25) is 0 Å². The highest BCUT2D eigenvalue weighted by atomic mass is 16.6. The molecule has 0 radical (unpaired) electrons. The van der Waals surface area contributed by atoms with Crippen molar-refractivity contribution in [1.82, 2.24) is 9.55 Å². The summed E-state index contributed by atoms with van der Waals surface area (Å²) in [6.07, 6.45) is 5.18. The summed E-state index contributed by atoms with van der Waals surface area (Å²) in [7, 11) is 0. The van der Waals surface area contributed by atoms with Crippen molar-refractivity contribution in [3.05, 3.63) is 87.5 Å². The monoisotopic (exact) mass is 498 g/mol. The third-order valence-electron chi connectivity index (χ3n) is 7.31. The Morgan fingerprint density at radius 2 is 2.08 bits per heavy atom. The average Bonchev–Trinajstić information content (AvgIpc) is 3.25. The molecule has 2 aliphatic heterocycles. The van der Waals surface area contributed by atoms with Crippen LogP contribution in [0.4, 0.5) is 0 Å². The lowest BCUT2D eigenvalue weighted by Gasteiger charge is -2.31. The standard InChI is InChI=1S/C29H28N3O5/c1-3-29(35)23-14-25-26-20(16-32(25)27(33)22(23)17-37-28(29)34)12-19-13-21(7-8-24(19)30-26)36-11-5-10-31-9-4-6-18(2)15-31/h4,6-9,12-15,35H,3,5,10-11,16-17H2,1-2H3/q+1/t29-/m0/s1. The van der Waals surface area contributed by atoms with Crippen LogP contribution in [0.25, 0.3) is 22.3 Å². The number of aliphatic hydroxyl groups is 1. The largest absolute Gasteiger partial charge is 0.493 e. The SMILES string of the molecule is CC[C@@]1(O)C(=O)OCc2c1cc1n(c2=O)Cc2cc3cc(OCCC[n+]4cccc(C)c4)ccc3nc2-1. The lowest BCUT2D eigenvalue weighted by molar-refractivity contribution is -0.697. The van der Waals surface area contributed by atoms with Gasteiger partial charge in [-0.1, -0.05) is 6.92 Å². The third-order valence-corrected chi connectivity index (χ3v) is 7.31. The second kappa shape index (κ2) is 8.81. The van der Waals surface area contributed by atoms with Gasteiger partial charge in [0.25, 0.3) is 5.56 Å². The highest BCUT2D eigenvalue weighted by Crippen LogP contribution is 2.38. The van der Waals surface area contributed by atoms with E-state index in [1.54, 1.807) is 17.6 Å². The van der Waals surface area contributed by atoms with Crippen LogP contribution >= 0.6 is 0 Å². The maximum atomic E-state index is 13.3. The zero-order valence-corrected chi connectivity index (χ0v) is 20.9. The first-order valence-electron chi connectivity index (χ1n) is 12.6. The summed E-state index contributed by atoms with van der Waals surface area (Å²) in [6, 6.07) is 13.7. The lowest BCUT2D eigenvalue weighted by Crippen LogP contribution is -2.44. The van der Waals surface area contributed by atoms with Crippen LogP contribution < -0.4 is 14.9 Å². The van der Waals surface area contributed by atoms with Gasteiger partial charge in [0.1, 0.15) is 12.4 Å². The van der Waals surface area contributed by atoms with E-state index in [9.17, 15) is 14.7 Å². The van der Waals surface area contributed by atoms with E-state index in [-0.39, 0.29) is 18.6 Å². The van der Waals surface area contributed by atoms with Gasteiger partial charge in [-0.2, -0.15) is 0 Å². The van der Waals surface area contributed by atoms with Gasteiger partial charge < -0.3 is 19.1 Å². The van der Waals surface area contributed by atoms with Crippen LogP contribution in [0.5, 0.6) is 5.75 Å². The van der Waals surface area contributed by atoms with Crippen LogP contribution in [0.3, 0.4) is 0 Å². The number of rotatable bonds is 6. The van der Waals surface area contributed by atoms with Crippen molar-refractivity contribution < 1.29 is 23.9 Å². The minimum atomic E-state index is -1.83. The van der Waals surface area contributed by atoms with E-state index >= 15 is 0 Å². The Hall–Kier alpha value is -4.04. The number of fused-ring (bicyclic) bond motifs is 5. The fourth-order valence-electron chi connectivity index (χ4n) is 5.28. The summed E-state index contributed by atoms with van der Waals surface area (Å²) in [5.74, 6) is 0.0526. The van der Waals surface area contributed by atoms with Crippen molar-refractivity contribution >= 4 is 16.9 Å². The van der Waals surface area contributed by atoms with E-state index in [1.165, 1.54) is 5.56 Å². The minimum absolute atomic E-state index is 0.117. The van der Waals surface area contributed by atoms with Gasteiger partial charge in [-0.05, 0) is 49.7 Å². The molecule has 1 N–H and O–H groups in total. The van der Waals surface area contributed by atoms with Crippen LogP contribution in [0.1, 0.15) is 42.0 Å². The molecule has 0 aliphatic carbocycles. The molecule has 0 saturated heterocycles. The summed E-state index contributed by atoms with van der Waals surface area (Å²) >= 11 is 0. The molecule has 0 amide bonds. The summed E-state index contributed by atoms with van der Waals surface area (Å²) in [5.41, 5.74) is 2.78. The Labute approximate surface area is 213 Å². The molecule has 3 aromatic heterocycles. The molecule has 2 aliphatic rings. The Balaban J connectivity index is 1.27. The summed E-state index contributed by atoms with van der Waals surface area (Å²) < 4.78 is 15.0. The zero-order chi connectivity index (χ0) is 25.7. The van der Waals surface area contributed by atoms with Gasteiger partial charge in [0, 0.05) is 34.6 Å². The van der Waals surface area contributed by atoms with Crippen LogP contribution in [0, 0.1) is 6.92 Å². The molecular weight excluding hydrogens is 470 g/mol. The van der Waals surface area contributed by atoms with Crippen molar-refractivity contribution in [2.24, 2.45) is 0 Å². The number of hydrogen-bond donors (Lipinski definition) is 1. The van der Waals surface area contributed by atoms with E-state index in [0.29, 0.717) is 35.7 Å². The molecule has 0 spiro atoms. The Morgan fingerprint density at radius 3 is 2.89 bits per heavy atom. The second-order valence-corrected chi connectivity index (χ2v) is 9.77. The number of pyridine rings is 3. The highest BCUT2D eigenvalue weighted by molar-refractivity contribution is 5.87. The minimum Gasteiger partial charge on any atom is -0.493 e. The first kappa shape index (κ1) is 23.4. The van der Waals surface area contributed by atoms with E-state index in [1.807, 2.05) is 30.3 Å². The first-order chi connectivity index (χ1) is 17.9. The fourth-order valence-corrected chi connectivity index (χ4v) is 5.28. The van der Waals surface area contributed by atoms with Gasteiger partial charge in [0.15, 0.2) is 24.5 Å². The predicted octanol–water partition coefficient (Wildman–Crippen LogP) is 3.14. The number of hydrogen-bond acceptors (Lipinski definition) is 6. The average molecular weight is 499 g/mol. The van der Waals surface area contributed by atoms with Crippen LogP contribution in [-0.4, -0.2) is 27.2 Å². The van der Waals surface area contributed by atoms with E-state index < -0.39 is 11.6 Å². The van der Waals surface area contributed by atoms with Gasteiger partial charge in [0.05, 0.1) is 35.6 Å². The molecule has 0 saturated carbocycles. The normalized spacial score (nSPS) is 17.8. The molecule has 0 bridgehead atoms. The molecule has 188 valence electrons. The van der Waals surface area contributed by atoms with E-state index in [2.05, 4.69) is 30.0 Å². The molecule has 37 heavy (non-hydrogen) atoms. The van der Waals surface area contributed by atoms with Gasteiger partial charge >= 0.3 is 5.97 Å². The molecule has 8 heteroatoms. The molecule has 1 atom stereocenters. The van der Waals surface area contributed by atoms with Gasteiger partial charge in [-0.15, -0.1) is 0 Å². The summed E-state index contributed by atoms with van der Waals surface area (Å²) in [4.78, 5) is 30.5. The first-order valence-corrected chi connectivity index (χ1v) is 12.6. The van der Waals surface area contributed by atoms with Gasteiger partial charge in [-0.3, -0.25) is 4.79 Å². The van der Waals surface area contributed by atoms with Crippen LogP contribution in [0.15, 0.2) is 59.7 Å². The molecule has 0 fully saturated rings. The molecule has 5 heterocycles. The number of nitrogens with zero attached hydrogens (tertiary/aromatic N) is 3. The van der Waals surface area contributed by atoms with E-state index in [0.717, 1.165) is 35.2 Å². The van der Waals surface area contributed by atoms with Crippen molar-refractivity contribution in [2.75, 3.05) is 6.61 Å². The van der Waals surface area contributed by atoms with Crippen molar-refractivity contribution in [1.29, 1.82) is 0 Å². The number of benzene rings is 1. The Bertz CT molecular complexity index is 1630. The number of aryl methyl sites for hydroxylation is 2. The maximum absolute atomic E-state index is 13.3. The quantitative estimate of drug-likeness (QED) is 0.220. The van der Waals surface area contributed by atoms with Crippen LogP contribution in [-0.2, 0) is 34.8 Å². The smallest absolute Gasteiger partial charge is 0.343 e. The topological polar surface area (TPSA) is 94.5 Å². The highest BCUT2D eigenvalue weighted by Gasteiger charge is 2.45. The molecule has 6 rings (SSSR count). The molecule has 1 aromatic carbocycles. The number of aromatic nitrogens is 3. The Morgan fingerprint density at radius 1 is 1.22 bits per heavy atom. The zero-order valence-electron chi connectivity index (χ0n) is 20.9. The number of cyclic esters (lactones) is 1. The van der Waals surface area contributed by atoms with Crippen molar-refractivity contribution in [2.45, 2.75) is 52.0 Å². The molecule has 8 nitrogen and oxygen atoms in total. The van der Waals surface area contributed by atoms with Crippen molar-refractivity contribution in [3.8, 4) is 17.1 Å². The Kier molecular flexibility index (Phi) is 5.56. The van der Waals surface area contributed by atoms with Gasteiger partial charge in [0.2, 0.25) is 0 Å². The number of carbonyl (C=O) groups excluding carboxylic acids is 1. The third kappa shape index (κ3) is 3.88. The van der Waals surface area contributed by atoms with E-state index in [4.69, 9.17) is 14.5 Å². The van der Waals surface area contributed by atoms with Gasteiger partial charge in [-0.25, -0.2) is 14.3 Å². The second-order valence-electron chi connectivity index (χ2n) is 9.77. The lowest BCUT2D eigenvalue weighted by atomic mass is 9.86.